The maximum atomic E-state index is 12.0. The summed E-state index contributed by atoms with van der Waals surface area (Å²) in [5.41, 5.74) is 0. The van der Waals surface area contributed by atoms with Gasteiger partial charge in [-0.1, -0.05) is 6.92 Å². The summed E-state index contributed by atoms with van der Waals surface area (Å²) in [5.74, 6) is 0.673. The summed E-state index contributed by atoms with van der Waals surface area (Å²) < 4.78 is 0. The lowest BCUT2D eigenvalue weighted by molar-refractivity contribution is -0.128. The van der Waals surface area contributed by atoms with E-state index in [4.69, 9.17) is 0 Å². The van der Waals surface area contributed by atoms with Crippen molar-refractivity contribution in [2.24, 2.45) is 4.99 Å². The quantitative estimate of drug-likeness (QED) is 0.295. The van der Waals surface area contributed by atoms with Crippen LogP contribution in [-0.2, 0) is 9.59 Å². The van der Waals surface area contributed by atoms with E-state index < -0.39 is 0 Å². The Hall–Kier alpha value is -1.06. The zero-order valence-electron chi connectivity index (χ0n) is 14.2. The Morgan fingerprint density at radius 3 is 2.35 bits per heavy atom. The molecule has 0 atom stereocenters. The smallest absolute Gasteiger partial charge is 0.244 e. The Bertz CT molecular complexity index is 384. The van der Waals surface area contributed by atoms with Crippen LogP contribution < -0.4 is 16.0 Å². The molecule has 0 spiro atoms. The van der Waals surface area contributed by atoms with E-state index >= 15 is 0 Å². The number of aliphatic imine (C=N–C) groups is 1. The molecule has 1 rings (SSSR count). The van der Waals surface area contributed by atoms with Gasteiger partial charge in [0.2, 0.25) is 11.8 Å². The molecular weight excluding hydrogens is 409 g/mol. The fourth-order valence-electron chi connectivity index (χ4n) is 2.20. The van der Waals surface area contributed by atoms with Crippen LogP contribution in [0.15, 0.2) is 4.99 Å². The highest BCUT2D eigenvalue weighted by atomic mass is 127. The van der Waals surface area contributed by atoms with Gasteiger partial charge in [-0.05, 0) is 26.2 Å². The predicted molar refractivity (Wildman–Crippen MR) is 103 cm³/mol. The van der Waals surface area contributed by atoms with E-state index in [1.165, 1.54) is 0 Å². The highest BCUT2D eigenvalue weighted by molar-refractivity contribution is 14.0. The summed E-state index contributed by atoms with van der Waals surface area (Å²) >= 11 is 0. The maximum Gasteiger partial charge on any atom is 0.244 e. The fourth-order valence-corrected chi connectivity index (χ4v) is 2.20. The minimum Gasteiger partial charge on any atom is -0.357 e. The van der Waals surface area contributed by atoms with E-state index in [0.29, 0.717) is 32.0 Å². The van der Waals surface area contributed by atoms with Gasteiger partial charge >= 0.3 is 0 Å². The van der Waals surface area contributed by atoms with E-state index in [1.54, 1.807) is 0 Å². The highest BCUT2D eigenvalue weighted by Crippen LogP contribution is 2.07. The Balaban J connectivity index is 0.00000484. The Morgan fingerprint density at radius 2 is 1.74 bits per heavy atom. The van der Waals surface area contributed by atoms with Crippen molar-refractivity contribution in [3.8, 4) is 0 Å². The molecule has 1 heterocycles. The molecule has 1 aliphatic heterocycles. The first-order chi connectivity index (χ1) is 10.7. The first-order valence-corrected chi connectivity index (χ1v) is 8.24. The number of guanidine groups is 1. The first kappa shape index (κ1) is 21.9. The molecule has 0 unspecified atom stereocenters. The standard InChI is InChI=1S/C15H29N5O2.HI/c1-3-8-17-13(21)7-9-18-15(16-4-2)19-12-14(22)20-10-5-6-11-20;/h3-12H2,1-2H3,(H,17,21)(H2,16,18,19);1H. The summed E-state index contributed by atoms with van der Waals surface area (Å²) in [6, 6.07) is 0. The minimum atomic E-state index is 0. The molecule has 3 N–H and O–H groups in total. The van der Waals surface area contributed by atoms with Gasteiger partial charge in [-0.25, -0.2) is 4.99 Å². The van der Waals surface area contributed by atoms with Gasteiger partial charge in [-0.15, -0.1) is 24.0 Å². The summed E-state index contributed by atoms with van der Waals surface area (Å²) in [6.07, 6.45) is 3.49. The van der Waals surface area contributed by atoms with E-state index in [1.807, 2.05) is 18.7 Å². The minimum absolute atomic E-state index is 0. The topological polar surface area (TPSA) is 85.8 Å². The van der Waals surface area contributed by atoms with Gasteiger partial charge in [-0.2, -0.15) is 0 Å². The van der Waals surface area contributed by atoms with E-state index in [2.05, 4.69) is 20.9 Å². The van der Waals surface area contributed by atoms with Crippen LogP contribution >= 0.6 is 24.0 Å². The number of rotatable bonds is 8. The average molecular weight is 439 g/mol. The zero-order valence-corrected chi connectivity index (χ0v) is 16.5. The molecule has 0 radical (unpaired) electrons. The molecule has 7 nitrogen and oxygen atoms in total. The molecule has 23 heavy (non-hydrogen) atoms. The third-order valence-electron chi connectivity index (χ3n) is 3.39. The number of carbonyl (C=O) groups excluding carboxylic acids is 2. The van der Waals surface area contributed by atoms with Crippen molar-refractivity contribution >= 4 is 41.8 Å². The van der Waals surface area contributed by atoms with E-state index in [0.717, 1.165) is 32.4 Å². The van der Waals surface area contributed by atoms with Gasteiger partial charge in [0.05, 0.1) is 0 Å². The van der Waals surface area contributed by atoms with Crippen molar-refractivity contribution in [3.63, 3.8) is 0 Å². The number of halogens is 1. The van der Waals surface area contributed by atoms with Crippen molar-refractivity contribution in [1.29, 1.82) is 0 Å². The van der Waals surface area contributed by atoms with Crippen LogP contribution in [0.2, 0.25) is 0 Å². The molecule has 0 aliphatic carbocycles. The fraction of sp³-hybridized carbons (Fsp3) is 0.800. The van der Waals surface area contributed by atoms with Crippen LogP contribution in [0.5, 0.6) is 0 Å². The van der Waals surface area contributed by atoms with Crippen molar-refractivity contribution in [2.45, 2.75) is 39.5 Å². The van der Waals surface area contributed by atoms with E-state index in [-0.39, 0.29) is 42.3 Å². The summed E-state index contributed by atoms with van der Waals surface area (Å²) in [5, 5.41) is 8.99. The van der Waals surface area contributed by atoms with E-state index in [9.17, 15) is 9.59 Å². The molecule has 0 bridgehead atoms. The molecular formula is C15H30IN5O2. The normalized spacial score (nSPS) is 14.2. The average Bonchev–Trinajstić information content (AvgIpc) is 3.04. The number of hydrogen-bond acceptors (Lipinski definition) is 3. The number of hydrogen-bond donors (Lipinski definition) is 3. The monoisotopic (exact) mass is 439 g/mol. The molecule has 2 amide bonds. The van der Waals surface area contributed by atoms with Crippen LogP contribution in [0.3, 0.4) is 0 Å². The van der Waals surface area contributed by atoms with Gasteiger partial charge in [0.25, 0.3) is 0 Å². The summed E-state index contributed by atoms with van der Waals surface area (Å²) in [6.45, 7) is 7.74. The third-order valence-corrected chi connectivity index (χ3v) is 3.39. The Morgan fingerprint density at radius 1 is 1.04 bits per heavy atom. The second kappa shape index (κ2) is 13.4. The van der Waals surface area contributed by atoms with Crippen molar-refractivity contribution in [2.75, 3.05) is 39.3 Å². The Kier molecular flexibility index (Phi) is 12.8. The van der Waals surface area contributed by atoms with Crippen molar-refractivity contribution in [1.82, 2.24) is 20.9 Å². The molecule has 0 aromatic rings. The van der Waals surface area contributed by atoms with Crippen LogP contribution in [-0.4, -0.2) is 61.9 Å². The van der Waals surface area contributed by atoms with Crippen molar-refractivity contribution < 1.29 is 9.59 Å². The van der Waals surface area contributed by atoms with Crippen LogP contribution in [0.1, 0.15) is 39.5 Å². The number of likely N-dealkylation sites (tertiary alicyclic amines) is 1. The molecule has 0 saturated carbocycles. The summed E-state index contributed by atoms with van der Waals surface area (Å²) in [7, 11) is 0. The van der Waals surface area contributed by atoms with Gasteiger partial charge in [0.1, 0.15) is 6.54 Å². The SMILES string of the molecule is CCCNC(=O)CCNC(=NCC(=O)N1CCCC1)NCC.I. The highest BCUT2D eigenvalue weighted by Gasteiger charge is 2.17. The third kappa shape index (κ3) is 9.62. The number of amides is 2. The van der Waals surface area contributed by atoms with Gasteiger partial charge < -0.3 is 20.9 Å². The molecule has 0 aromatic carbocycles. The van der Waals surface area contributed by atoms with Crippen LogP contribution in [0.25, 0.3) is 0 Å². The predicted octanol–water partition coefficient (Wildman–Crippen LogP) is 0.698. The molecule has 0 aromatic heterocycles. The lowest BCUT2D eigenvalue weighted by Gasteiger charge is -2.15. The molecule has 1 saturated heterocycles. The second-order valence-corrected chi connectivity index (χ2v) is 5.31. The molecule has 134 valence electrons. The Labute approximate surface area is 156 Å². The first-order valence-electron chi connectivity index (χ1n) is 8.24. The van der Waals surface area contributed by atoms with Crippen molar-refractivity contribution in [3.05, 3.63) is 0 Å². The van der Waals surface area contributed by atoms with Gasteiger partial charge in [-0.3, -0.25) is 9.59 Å². The van der Waals surface area contributed by atoms with Crippen LogP contribution in [0, 0.1) is 0 Å². The zero-order chi connectivity index (χ0) is 16.2. The summed E-state index contributed by atoms with van der Waals surface area (Å²) in [4.78, 5) is 29.6. The number of nitrogens with one attached hydrogen (secondary N) is 3. The lowest BCUT2D eigenvalue weighted by Crippen LogP contribution is -2.40. The molecule has 1 fully saturated rings. The maximum absolute atomic E-state index is 12.0. The number of nitrogens with zero attached hydrogens (tertiary/aromatic N) is 2. The molecule has 1 aliphatic rings. The van der Waals surface area contributed by atoms with Gasteiger partial charge in [0.15, 0.2) is 5.96 Å². The number of carbonyl (C=O) groups is 2. The molecule has 8 heteroatoms. The van der Waals surface area contributed by atoms with Gasteiger partial charge in [0, 0.05) is 39.1 Å². The lowest BCUT2D eigenvalue weighted by atomic mass is 10.4. The van der Waals surface area contributed by atoms with Crippen LogP contribution in [0.4, 0.5) is 0 Å². The largest absolute Gasteiger partial charge is 0.357 e. The second-order valence-electron chi connectivity index (χ2n) is 5.31.